The molecule has 0 radical (unpaired) electrons. The minimum Gasteiger partial charge on any atom is -0.379 e. The van der Waals surface area contributed by atoms with Gasteiger partial charge in [-0.05, 0) is 130 Å². The van der Waals surface area contributed by atoms with Crippen LogP contribution < -0.4 is 16.0 Å². The molecule has 3 N–H and O–H groups in total. The number of piperidine rings is 1. The van der Waals surface area contributed by atoms with Crippen molar-refractivity contribution in [1.82, 2.24) is 60.0 Å². The molecule has 29 heteroatoms. The lowest BCUT2D eigenvalue weighted by atomic mass is 9.80. The molecule has 105 heavy (non-hydrogen) atoms. The van der Waals surface area contributed by atoms with Crippen LogP contribution in [0, 0.1) is 35.5 Å². The number of hydrogen-bond donors (Lipinski definition) is 3. The van der Waals surface area contributed by atoms with Crippen molar-refractivity contribution in [3.05, 3.63) is 34.3 Å². The largest absolute Gasteiger partial charge is 0.417 e. The lowest BCUT2D eigenvalue weighted by Crippen LogP contribution is -2.67. The van der Waals surface area contributed by atoms with Crippen molar-refractivity contribution in [2.45, 2.75) is 231 Å². The van der Waals surface area contributed by atoms with Gasteiger partial charge in [0, 0.05) is 76.1 Å². The van der Waals surface area contributed by atoms with E-state index in [0.717, 1.165) is 64.2 Å². The lowest BCUT2D eigenvalue weighted by molar-refractivity contribution is -0.157. The summed E-state index contributed by atoms with van der Waals surface area (Å²) < 4.78 is 48.2. The van der Waals surface area contributed by atoms with Crippen LogP contribution in [0.25, 0.3) is 0 Å². The number of likely N-dealkylation sites (tertiary alicyclic amines) is 1. The predicted octanol–water partition coefficient (Wildman–Crippen LogP) is 6.79. The Hall–Kier alpha value is -7.10. The first-order chi connectivity index (χ1) is 49.4. The Bertz CT molecular complexity index is 3200. The van der Waals surface area contributed by atoms with E-state index in [9.17, 15) is 46.7 Å². The molecule has 1 aromatic carbocycles. The molecule has 2 heterocycles. The maximum atomic E-state index is 16.4. The maximum absolute atomic E-state index is 16.4. The Morgan fingerprint density at radius 1 is 0.638 bits per heavy atom. The third kappa shape index (κ3) is 23.2. The highest BCUT2D eigenvalue weighted by molar-refractivity contribution is 6.31. The fourth-order valence-electron chi connectivity index (χ4n) is 15.7. The van der Waals surface area contributed by atoms with Crippen LogP contribution in [0.4, 0.5) is 13.2 Å². The van der Waals surface area contributed by atoms with Crippen LogP contribution in [0.3, 0.4) is 0 Å². The highest BCUT2D eigenvalue weighted by atomic mass is 35.5. The molecule has 2 saturated heterocycles. The number of amides is 12. The topological polar surface area (TPSA) is 279 Å². The minimum atomic E-state index is -4.74. The number of nitrogens with one attached hydrogen (secondary N) is 3. The predicted molar refractivity (Wildman–Crippen MR) is 391 cm³/mol. The zero-order valence-electron chi connectivity index (χ0n) is 64.7. The molecule has 0 bridgehead atoms. The van der Waals surface area contributed by atoms with Crippen LogP contribution in [0.2, 0.25) is 5.02 Å². The average molecular weight is 1500 g/mol. The van der Waals surface area contributed by atoms with Gasteiger partial charge in [0.2, 0.25) is 70.9 Å². The SMILES string of the molecule is CC[C@H](C)C1NC(=O)C(CC(C)C)N(C)C(=O)CC(C(=O)N2CCCCC2)N(C)C(=O)C(C2CCCC2)N(C)C(=O)C2(CCCC2CCc2ccc(C(F)(F)F)c(Cl)c2)NC(=O)C(COCCC(C)C)N(C)C(=O)CNC(=O)CN(C)C(=O)C(CC2CCCCC2)N(C)C(=O)CN(C)C(=O)CN(C)C1=O. The highest BCUT2D eigenvalue weighted by Gasteiger charge is 2.55. The molecule has 590 valence electrons. The van der Waals surface area contributed by atoms with E-state index in [4.69, 9.17) is 16.3 Å². The van der Waals surface area contributed by atoms with Crippen LogP contribution in [-0.2, 0) is 74.9 Å². The van der Waals surface area contributed by atoms with Crippen molar-refractivity contribution in [2.75, 3.05) is 109 Å². The van der Waals surface area contributed by atoms with Crippen molar-refractivity contribution in [3.63, 3.8) is 0 Å². The second-order valence-corrected chi connectivity index (χ2v) is 31.7. The van der Waals surface area contributed by atoms with E-state index >= 15 is 24.0 Å². The molecule has 0 aromatic heterocycles. The molecule has 1 spiro atoms. The third-order valence-corrected chi connectivity index (χ3v) is 23.0. The Labute approximate surface area is 624 Å². The summed E-state index contributed by atoms with van der Waals surface area (Å²) in [7, 11) is 11.3. The quantitative estimate of drug-likeness (QED) is 0.144. The lowest BCUT2D eigenvalue weighted by Gasteiger charge is -2.44. The molecule has 6 rings (SSSR count). The molecule has 9 atom stereocenters. The zero-order valence-corrected chi connectivity index (χ0v) is 65.5. The van der Waals surface area contributed by atoms with Gasteiger partial charge in [0.1, 0.15) is 41.8 Å². The summed E-state index contributed by atoms with van der Waals surface area (Å²) in [5, 5.41) is 8.09. The van der Waals surface area contributed by atoms with Crippen LogP contribution in [0.5, 0.6) is 0 Å². The molecule has 12 amide bonds. The van der Waals surface area contributed by atoms with E-state index in [1.165, 1.54) is 88.1 Å². The molecule has 3 aliphatic carbocycles. The van der Waals surface area contributed by atoms with Crippen LogP contribution >= 0.6 is 11.6 Å². The second kappa shape index (κ2) is 39.7. The van der Waals surface area contributed by atoms with E-state index in [2.05, 4.69) is 16.0 Å². The smallest absolute Gasteiger partial charge is 0.379 e. The van der Waals surface area contributed by atoms with Gasteiger partial charge in [-0.2, -0.15) is 13.2 Å². The van der Waals surface area contributed by atoms with Crippen LogP contribution in [0.1, 0.15) is 188 Å². The molecular formula is C76H120ClF3N12O13. The number of carbonyl (C=O) groups excluding carboxylic acids is 12. The van der Waals surface area contributed by atoms with E-state index in [1.54, 1.807) is 11.8 Å². The summed E-state index contributed by atoms with van der Waals surface area (Å²) in [6.07, 6.45) is 5.80. The number of rotatable bonds is 16. The number of likely N-dealkylation sites (N-methyl/N-ethyl adjacent to an activating group) is 8. The molecule has 1 aromatic rings. The van der Waals surface area contributed by atoms with E-state index < -0.39 is 180 Å². The number of carbonyl (C=O) groups is 12. The Kier molecular flexibility index (Phi) is 32.8. The average Bonchev–Trinajstić information content (AvgIpc) is 1.68. The Balaban J connectivity index is 1.48. The maximum Gasteiger partial charge on any atom is 0.417 e. The third-order valence-electron chi connectivity index (χ3n) is 22.7. The van der Waals surface area contributed by atoms with E-state index in [0.29, 0.717) is 82.9 Å². The first-order valence-corrected chi connectivity index (χ1v) is 38.5. The van der Waals surface area contributed by atoms with Gasteiger partial charge in [0.05, 0.1) is 49.8 Å². The molecule has 25 nitrogen and oxygen atoms in total. The Morgan fingerprint density at radius 3 is 1.85 bits per heavy atom. The normalized spacial score (nSPS) is 26.6. The molecule has 3 saturated carbocycles. The van der Waals surface area contributed by atoms with Crippen LogP contribution in [-0.4, -0.2) is 266 Å². The first kappa shape index (κ1) is 86.8. The molecule has 8 unspecified atom stereocenters. The summed E-state index contributed by atoms with van der Waals surface area (Å²) in [5.41, 5.74) is -2.47. The number of benzene rings is 1. The van der Waals surface area contributed by atoms with Gasteiger partial charge in [-0.25, -0.2) is 0 Å². The van der Waals surface area contributed by atoms with Gasteiger partial charge in [-0.15, -0.1) is 0 Å². The summed E-state index contributed by atoms with van der Waals surface area (Å²) in [4.78, 5) is 191. The van der Waals surface area contributed by atoms with Crippen molar-refractivity contribution in [2.24, 2.45) is 35.5 Å². The van der Waals surface area contributed by atoms with Gasteiger partial charge < -0.3 is 64.8 Å². The minimum absolute atomic E-state index is 0.00975. The molecule has 5 fully saturated rings. The summed E-state index contributed by atoms with van der Waals surface area (Å²) in [6, 6.07) is -4.34. The number of nitrogens with zero attached hydrogens (tertiary/aromatic N) is 9. The fourth-order valence-corrected chi connectivity index (χ4v) is 16.0. The van der Waals surface area contributed by atoms with Crippen molar-refractivity contribution in [1.29, 1.82) is 0 Å². The number of hydrogen-bond acceptors (Lipinski definition) is 13. The number of halogens is 4. The van der Waals surface area contributed by atoms with Crippen molar-refractivity contribution in [3.8, 4) is 0 Å². The second-order valence-electron chi connectivity index (χ2n) is 31.3. The summed E-state index contributed by atoms with van der Waals surface area (Å²) in [5.74, 6) is -9.78. The number of alkyl halides is 3. The highest BCUT2D eigenvalue weighted by Crippen LogP contribution is 2.43. The summed E-state index contributed by atoms with van der Waals surface area (Å²) in [6.45, 7) is 9.48. The monoisotopic (exact) mass is 1500 g/mol. The van der Waals surface area contributed by atoms with Gasteiger partial charge >= 0.3 is 6.18 Å². The van der Waals surface area contributed by atoms with Gasteiger partial charge in [0.25, 0.3) is 0 Å². The van der Waals surface area contributed by atoms with Crippen molar-refractivity contribution < 1.29 is 75.4 Å². The van der Waals surface area contributed by atoms with E-state index in [1.807, 2.05) is 34.6 Å². The van der Waals surface area contributed by atoms with Gasteiger partial charge in [0.15, 0.2) is 0 Å². The summed E-state index contributed by atoms with van der Waals surface area (Å²) >= 11 is 6.26. The standard InChI is InChI=1S/C76H120ClF3N12O13/c1-15-50(6)66-72(102)86(9)45-64(96)84(7)46-65(97)88(11)58(41-51-25-18-16-19-26-51)70(100)85(8)44-61(93)81-43-63(95)89(12)60(47-105-38-34-48(2)3)69(99)83-75(35-24-29-54(75)32-30-52-31-33-55(56(77)40-52)76(78,79)80)74(104)91(14)67(53-27-20-21-28-53)73(103)90(13)59(71(101)92-36-22-17-23-37-92)42-62(94)87(10)57(39-49(4)5)68(98)82-66/h31,33,40,48-51,53-54,57-60,66-67H,15-30,32,34-39,41-47H2,1-14H3,(H,81,93)(H,82,98)(H,83,99)/t50-,54?,57?,58?,59?,60?,66?,67?,75?/m0/s1. The zero-order chi connectivity index (χ0) is 77.9. The fraction of sp³-hybridized carbons (Fsp3) is 0.763. The number of ether oxygens (including phenoxy) is 1. The van der Waals surface area contributed by atoms with Crippen molar-refractivity contribution >= 4 is 82.5 Å². The van der Waals surface area contributed by atoms with E-state index in [-0.39, 0.29) is 63.1 Å². The molecular weight excluding hydrogens is 1380 g/mol. The molecule has 5 aliphatic rings. The number of aryl methyl sites for hydroxylation is 1. The van der Waals surface area contributed by atoms with Crippen LogP contribution in [0.15, 0.2) is 18.2 Å². The first-order valence-electron chi connectivity index (χ1n) is 38.1. The Morgan fingerprint density at radius 2 is 1.24 bits per heavy atom. The molecule has 2 aliphatic heterocycles. The van der Waals surface area contributed by atoms with Gasteiger partial charge in [-0.1, -0.05) is 117 Å². The van der Waals surface area contributed by atoms with Gasteiger partial charge in [-0.3, -0.25) is 57.5 Å².